The van der Waals surface area contributed by atoms with Crippen LogP contribution < -0.4 is 11.0 Å². The monoisotopic (exact) mass is 249 g/mol. The van der Waals surface area contributed by atoms with Crippen molar-refractivity contribution in [2.24, 2.45) is 0 Å². The molecule has 6 heteroatoms. The summed E-state index contributed by atoms with van der Waals surface area (Å²) in [4.78, 5) is 26.1. The van der Waals surface area contributed by atoms with Crippen LogP contribution in [0.25, 0.3) is 0 Å². The maximum atomic E-state index is 11.3. The van der Waals surface area contributed by atoms with E-state index in [-0.39, 0.29) is 5.91 Å². The summed E-state index contributed by atoms with van der Waals surface area (Å²) < 4.78 is 1.02. The Labute approximate surface area is 102 Å². The van der Waals surface area contributed by atoms with Crippen LogP contribution in [0, 0.1) is 0 Å². The summed E-state index contributed by atoms with van der Waals surface area (Å²) >= 11 is 1.02. The molecule has 0 aliphatic heterocycles. The molecule has 1 N–H and O–H groups in total. The molecular formula is C11H11N3O2S. The molecule has 0 amide bonds. The number of rotatable bonds is 3. The van der Waals surface area contributed by atoms with Crippen LogP contribution in [0.15, 0.2) is 35.1 Å². The minimum atomic E-state index is -0.530. The highest BCUT2D eigenvalue weighted by molar-refractivity contribution is 7.11. The first kappa shape index (κ1) is 11.5. The Bertz CT molecular complexity index is 574. The summed E-state index contributed by atoms with van der Waals surface area (Å²) in [5, 5.41) is 3.46. The van der Waals surface area contributed by atoms with Gasteiger partial charge in [-0.3, -0.25) is 4.79 Å². The summed E-state index contributed by atoms with van der Waals surface area (Å²) in [5.41, 5.74) is 0.558. The zero-order valence-electron chi connectivity index (χ0n) is 9.21. The van der Waals surface area contributed by atoms with E-state index in [9.17, 15) is 9.59 Å². The molecule has 0 saturated heterocycles. The van der Waals surface area contributed by atoms with Gasteiger partial charge in [0, 0.05) is 13.5 Å². The van der Waals surface area contributed by atoms with Gasteiger partial charge in [-0.15, -0.1) is 0 Å². The molecule has 0 aliphatic rings. The van der Waals surface area contributed by atoms with E-state index in [1.165, 1.54) is 6.92 Å². The standard InChI is InChI=1S/C11H11N3O2S/c1-8(15)14-11(16)13-10(17-14)12-7-9-5-3-2-4-6-9/h2-6H,7H2,1H3,(H,12,13,16). The second kappa shape index (κ2) is 4.92. The van der Waals surface area contributed by atoms with Crippen molar-refractivity contribution in [3.63, 3.8) is 0 Å². The Hall–Kier alpha value is -1.95. The normalized spacial score (nSPS) is 10.2. The fourth-order valence-electron chi connectivity index (χ4n) is 1.32. The van der Waals surface area contributed by atoms with Gasteiger partial charge < -0.3 is 5.32 Å². The highest BCUT2D eigenvalue weighted by Gasteiger charge is 2.08. The molecule has 1 aromatic heterocycles. The van der Waals surface area contributed by atoms with Crippen molar-refractivity contribution in [3.05, 3.63) is 46.4 Å². The number of nitrogens with one attached hydrogen (secondary N) is 1. The van der Waals surface area contributed by atoms with Crippen molar-refractivity contribution >= 4 is 22.6 Å². The molecular weight excluding hydrogens is 238 g/mol. The Morgan fingerprint density at radius 1 is 1.41 bits per heavy atom. The molecule has 0 bridgehead atoms. The maximum absolute atomic E-state index is 11.3. The lowest BCUT2D eigenvalue weighted by atomic mass is 10.2. The van der Waals surface area contributed by atoms with Gasteiger partial charge in [-0.1, -0.05) is 30.3 Å². The first-order chi connectivity index (χ1) is 8.16. The number of anilines is 1. The molecule has 17 heavy (non-hydrogen) atoms. The van der Waals surface area contributed by atoms with Crippen LogP contribution in [-0.2, 0) is 6.54 Å². The molecule has 0 saturated carbocycles. The highest BCUT2D eigenvalue weighted by Crippen LogP contribution is 2.10. The Balaban J connectivity index is 2.08. The van der Waals surface area contributed by atoms with E-state index in [0.29, 0.717) is 11.7 Å². The first-order valence-corrected chi connectivity index (χ1v) is 5.83. The lowest BCUT2D eigenvalue weighted by molar-refractivity contribution is 0.0944. The van der Waals surface area contributed by atoms with Crippen LogP contribution in [0.5, 0.6) is 0 Å². The molecule has 5 nitrogen and oxygen atoms in total. The topological polar surface area (TPSA) is 64.0 Å². The largest absolute Gasteiger partial charge is 0.366 e. The third kappa shape index (κ3) is 2.79. The third-order valence-electron chi connectivity index (χ3n) is 2.12. The fraction of sp³-hybridized carbons (Fsp3) is 0.182. The van der Waals surface area contributed by atoms with Gasteiger partial charge in [0.05, 0.1) is 0 Å². The minimum Gasteiger partial charge on any atom is -0.356 e. The number of aromatic nitrogens is 2. The first-order valence-electron chi connectivity index (χ1n) is 5.06. The predicted octanol–water partition coefficient (Wildman–Crippen LogP) is 1.58. The number of nitrogens with zero attached hydrogens (tertiary/aromatic N) is 2. The van der Waals surface area contributed by atoms with Gasteiger partial charge in [0.1, 0.15) is 0 Å². The van der Waals surface area contributed by atoms with Gasteiger partial charge in [0.25, 0.3) is 0 Å². The van der Waals surface area contributed by atoms with Crippen LogP contribution in [0.4, 0.5) is 5.13 Å². The average Bonchev–Trinajstić information content (AvgIpc) is 2.69. The molecule has 0 atom stereocenters. The smallest absolute Gasteiger partial charge is 0.356 e. The average molecular weight is 249 g/mol. The Morgan fingerprint density at radius 3 is 2.71 bits per heavy atom. The molecule has 0 spiro atoms. The lowest BCUT2D eigenvalue weighted by Crippen LogP contribution is -2.19. The van der Waals surface area contributed by atoms with Crippen molar-refractivity contribution in [2.75, 3.05) is 5.32 Å². The molecule has 2 rings (SSSR count). The third-order valence-corrected chi connectivity index (χ3v) is 3.13. The summed E-state index contributed by atoms with van der Waals surface area (Å²) in [5.74, 6) is -0.319. The quantitative estimate of drug-likeness (QED) is 0.897. The molecule has 0 fully saturated rings. The van der Waals surface area contributed by atoms with E-state index < -0.39 is 5.69 Å². The molecule has 0 aliphatic carbocycles. The van der Waals surface area contributed by atoms with Crippen LogP contribution in [0.3, 0.4) is 0 Å². The van der Waals surface area contributed by atoms with Crippen LogP contribution in [0.2, 0.25) is 0 Å². The van der Waals surface area contributed by atoms with E-state index in [1.54, 1.807) is 0 Å². The van der Waals surface area contributed by atoms with Gasteiger partial charge in [-0.05, 0) is 17.1 Å². The summed E-state index contributed by atoms with van der Waals surface area (Å²) in [6.45, 7) is 1.91. The Morgan fingerprint density at radius 2 is 2.12 bits per heavy atom. The summed E-state index contributed by atoms with van der Waals surface area (Å²) in [6.07, 6.45) is 0. The number of hydrogen-bond donors (Lipinski definition) is 1. The summed E-state index contributed by atoms with van der Waals surface area (Å²) in [7, 11) is 0. The molecule has 88 valence electrons. The van der Waals surface area contributed by atoms with Gasteiger partial charge in [-0.25, -0.2) is 4.79 Å². The van der Waals surface area contributed by atoms with E-state index in [0.717, 1.165) is 21.1 Å². The van der Waals surface area contributed by atoms with Crippen molar-refractivity contribution in [2.45, 2.75) is 13.5 Å². The van der Waals surface area contributed by atoms with Gasteiger partial charge >= 0.3 is 5.69 Å². The minimum absolute atomic E-state index is 0.319. The zero-order valence-corrected chi connectivity index (χ0v) is 10.0. The Kier molecular flexibility index (Phi) is 3.34. The highest BCUT2D eigenvalue weighted by atomic mass is 32.1. The number of carbonyl (C=O) groups excluding carboxylic acids is 1. The van der Waals surface area contributed by atoms with Gasteiger partial charge in [0.2, 0.25) is 11.0 Å². The number of benzene rings is 1. The second-order valence-corrected chi connectivity index (χ2v) is 4.38. The molecule has 2 aromatic rings. The van der Waals surface area contributed by atoms with Gasteiger partial charge in [0.15, 0.2) is 0 Å². The van der Waals surface area contributed by atoms with Crippen molar-refractivity contribution in [1.29, 1.82) is 0 Å². The predicted molar refractivity (Wildman–Crippen MR) is 66.4 cm³/mol. The van der Waals surface area contributed by atoms with Crippen molar-refractivity contribution in [3.8, 4) is 0 Å². The van der Waals surface area contributed by atoms with Crippen LogP contribution >= 0.6 is 11.5 Å². The second-order valence-electron chi connectivity index (χ2n) is 3.44. The summed E-state index contributed by atoms with van der Waals surface area (Å²) in [6, 6.07) is 9.75. The van der Waals surface area contributed by atoms with Crippen molar-refractivity contribution < 1.29 is 4.79 Å². The number of hydrogen-bond acceptors (Lipinski definition) is 5. The van der Waals surface area contributed by atoms with Gasteiger partial charge in [-0.2, -0.15) is 8.94 Å². The SMILES string of the molecule is CC(=O)n1sc(NCc2ccccc2)nc1=O. The van der Waals surface area contributed by atoms with E-state index in [2.05, 4.69) is 10.3 Å². The van der Waals surface area contributed by atoms with E-state index in [1.807, 2.05) is 30.3 Å². The maximum Gasteiger partial charge on any atom is 0.366 e. The molecule has 1 heterocycles. The van der Waals surface area contributed by atoms with Crippen LogP contribution in [-0.4, -0.2) is 14.8 Å². The van der Waals surface area contributed by atoms with E-state index >= 15 is 0 Å². The molecule has 0 radical (unpaired) electrons. The van der Waals surface area contributed by atoms with Crippen LogP contribution in [0.1, 0.15) is 17.3 Å². The lowest BCUT2D eigenvalue weighted by Gasteiger charge is -2.00. The van der Waals surface area contributed by atoms with E-state index in [4.69, 9.17) is 0 Å². The molecule has 0 unspecified atom stereocenters. The number of carbonyl (C=O) groups is 1. The molecule has 1 aromatic carbocycles. The zero-order chi connectivity index (χ0) is 12.3. The fourth-order valence-corrected chi connectivity index (χ4v) is 2.00. The van der Waals surface area contributed by atoms with Crippen molar-refractivity contribution in [1.82, 2.24) is 8.94 Å².